The topological polar surface area (TPSA) is 26.3 Å². The maximum atomic E-state index is 11.7. The van der Waals surface area contributed by atoms with Gasteiger partial charge >= 0.3 is 5.97 Å². The summed E-state index contributed by atoms with van der Waals surface area (Å²) in [6.07, 6.45) is -0.0868. The average Bonchev–Trinajstić information content (AvgIpc) is 2.27. The summed E-state index contributed by atoms with van der Waals surface area (Å²) in [6.45, 7) is 5.75. The molecule has 0 aliphatic heterocycles. The highest BCUT2D eigenvalue weighted by Gasteiger charge is 2.09. The van der Waals surface area contributed by atoms with E-state index in [4.69, 9.17) is 4.74 Å². The summed E-state index contributed by atoms with van der Waals surface area (Å²) >= 11 is 0. The molecule has 0 aromatic heterocycles. The van der Waals surface area contributed by atoms with Gasteiger partial charge in [-0.2, -0.15) is 0 Å². The van der Waals surface area contributed by atoms with Gasteiger partial charge in [0.2, 0.25) is 0 Å². The SMILES string of the molecule is Cc1ccc2cc(C(=O)OC(C)C)ccc2c1. The molecule has 17 heavy (non-hydrogen) atoms. The quantitative estimate of drug-likeness (QED) is 0.732. The molecule has 88 valence electrons. The highest BCUT2D eigenvalue weighted by Crippen LogP contribution is 2.18. The van der Waals surface area contributed by atoms with Crippen LogP contribution >= 0.6 is 0 Å². The number of hydrogen-bond donors (Lipinski definition) is 0. The molecule has 0 saturated heterocycles. The molecule has 0 heterocycles. The summed E-state index contributed by atoms with van der Waals surface area (Å²) in [5.74, 6) is -0.262. The van der Waals surface area contributed by atoms with E-state index in [2.05, 4.69) is 13.0 Å². The van der Waals surface area contributed by atoms with Crippen molar-refractivity contribution >= 4 is 16.7 Å². The number of aryl methyl sites for hydroxylation is 1. The first-order valence-electron chi connectivity index (χ1n) is 5.77. The fourth-order valence-corrected chi connectivity index (χ4v) is 1.77. The van der Waals surface area contributed by atoms with Gasteiger partial charge in [0.15, 0.2) is 0 Å². The van der Waals surface area contributed by atoms with Crippen molar-refractivity contribution in [3.63, 3.8) is 0 Å². The van der Waals surface area contributed by atoms with E-state index in [-0.39, 0.29) is 12.1 Å². The molecule has 0 bridgehead atoms. The summed E-state index contributed by atoms with van der Waals surface area (Å²) in [6, 6.07) is 11.8. The van der Waals surface area contributed by atoms with Crippen LogP contribution in [-0.4, -0.2) is 12.1 Å². The Morgan fingerprint density at radius 3 is 2.41 bits per heavy atom. The second-order valence-corrected chi connectivity index (χ2v) is 4.52. The molecular formula is C15H16O2. The van der Waals surface area contributed by atoms with E-state index in [9.17, 15) is 4.79 Å². The third-order valence-corrected chi connectivity index (χ3v) is 2.57. The zero-order valence-electron chi connectivity index (χ0n) is 10.4. The van der Waals surface area contributed by atoms with Crippen molar-refractivity contribution in [1.82, 2.24) is 0 Å². The van der Waals surface area contributed by atoms with Crippen LogP contribution in [-0.2, 0) is 4.74 Å². The number of carbonyl (C=O) groups excluding carboxylic acids is 1. The van der Waals surface area contributed by atoms with Crippen LogP contribution in [0.3, 0.4) is 0 Å². The number of carbonyl (C=O) groups is 1. The van der Waals surface area contributed by atoms with E-state index in [1.165, 1.54) is 5.56 Å². The van der Waals surface area contributed by atoms with E-state index < -0.39 is 0 Å². The Bertz CT molecular complexity index is 556. The Kier molecular flexibility index (Phi) is 3.14. The van der Waals surface area contributed by atoms with Crippen LogP contribution in [0.25, 0.3) is 10.8 Å². The van der Waals surface area contributed by atoms with Crippen molar-refractivity contribution < 1.29 is 9.53 Å². The van der Waals surface area contributed by atoms with Crippen molar-refractivity contribution in [2.24, 2.45) is 0 Å². The molecule has 0 aliphatic rings. The molecule has 2 aromatic carbocycles. The lowest BCUT2D eigenvalue weighted by Gasteiger charge is -2.08. The summed E-state index contributed by atoms with van der Waals surface area (Å²) in [5.41, 5.74) is 1.82. The first-order valence-corrected chi connectivity index (χ1v) is 5.77. The zero-order chi connectivity index (χ0) is 12.4. The molecule has 0 amide bonds. The second-order valence-electron chi connectivity index (χ2n) is 4.52. The lowest BCUT2D eigenvalue weighted by atomic mass is 10.0. The largest absolute Gasteiger partial charge is 0.459 e. The highest BCUT2D eigenvalue weighted by atomic mass is 16.5. The summed E-state index contributed by atoms with van der Waals surface area (Å²) in [5, 5.41) is 2.21. The first-order chi connectivity index (χ1) is 8.06. The van der Waals surface area contributed by atoms with Crippen LogP contribution in [0.1, 0.15) is 29.8 Å². The van der Waals surface area contributed by atoms with Gasteiger partial charge in [-0.25, -0.2) is 4.79 Å². The maximum Gasteiger partial charge on any atom is 0.338 e. The van der Waals surface area contributed by atoms with Crippen molar-refractivity contribution in [1.29, 1.82) is 0 Å². The van der Waals surface area contributed by atoms with Gasteiger partial charge in [-0.3, -0.25) is 0 Å². The van der Waals surface area contributed by atoms with Gasteiger partial charge in [0.1, 0.15) is 0 Å². The maximum absolute atomic E-state index is 11.7. The Labute approximate surface area is 101 Å². The van der Waals surface area contributed by atoms with Crippen LogP contribution in [0.2, 0.25) is 0 Å². The van der Waals surface area contributed by atoms with Gasteiger partial charge in [-0.15, -0.1) is 0 Å². The minimum atomic E-state index is -0.262. The molecule has 0 spiro atoms. The number of rotatable bonds is 2. The van der Waals surface area contributed by atoms with Gasteiger partial charge in [0, 0.05) is 0 Å². The van der Waals surface area contributed by atoms with E-state index in [0.717, 1.165) is 10.8 Å². The van der Waals surface area contributed by atoms with Crippen LogP contribution < -0.4 is 0 Å². The van der Waals surface area contributed by atoms with Gasteiger partial charge in [0.25, 0.3) is 0 Å². The predicted molar refractivity (Wildman–Crippen MR) is 69.2 cm³/mol. The van der Waals surface area contributed by atoms with Gasteiger partial charge < -0.3 is 4.74 Å². The smallest absolute Gasteiger partial charge is 0.338 e. The zero-order valence-corrected chi connectivity index (χ0v) is 10.4. The van der Waals surface area contributed by atoms with Crippen LogP contribution in [0.15, 0.2) is 36.4 Å². The Morgan fingerprint density at radius 1 is 1.06 bits per heavy atom. The van der Waals surface area contributed by atoms with Crippen molar-refractivity contribution in [3.8, 4) is 0 Å². The molecule has 0 radical (unpaired) electrons. The molecular weight excluding hydrogens is 212 g/mol. The monoisotopic (exact) mass is 228 g/mol. The van der Waals surface area contributed by atoms with Crippen LogP contribution in [0, 0.1) is 6.92 Å². The molecule has 2 heteroatoms. The van der Waals surface area contributed by atoms with E-state index in [0.29, 0.717) is 5.56 Å². The fourth-order valence-electron chi connectivity index (χ4n) is 1.77. The summed E-state index contributed by atoms with van der Waals surface area (Å²) in [4.78, 5) is 11.7. The van der Waals surface area contributed by atoms with Gasteiger partial charge in [-0.1, -0.05) is 29.8 Å². The second kappa shape index (κ2) is 4.58. The third-order valence-electron chi connectivity index (χ3n) is 2.57. The van der Waals surface area contributed by atoms with Gasteiger partial charge in [0.05, 0.1) is 11.7 Å². The minimum absolute atomic E-state index is 0.0868. The van der Waals surface area contributed by atoms with E-state index >= 15 is 0 Å². The number of hydrogen-bond acceptors (Lipinski definition) is 2. The highest BCUT2D eigenvalue weighted by molar-refractivity contribution is 5.95. The molecule has 0 fully saturated rings. The third kappa shape index (κ3) is 2.64. The van der Waals surface area contributed by atoms with Crippen molar-refractivity contribution in [3.05, 3.63) is 47.5 Å². The van der Waals surface area contributed by atoms with Crippen molar-refractivity contribution in [2.45, 2.75) is 26.9 Å². The molecule has 0 atom stereocenters. The minimum Gasteiger partial charge on any atom is -0.459 e. The molecule has 0 saturated carbocycles. The molecule has 0 unspecified atom stereocenters. The predicted octanol–water partition coefficient (Wildman–Crippen LogP) is 3.71. The summed E-state index contributed by atoms with van der Waals surface area (Å²) < 4.78 is 5.17. The normalized spacial score (nSPS) is 10.8. The first kappa shape index (κ1) is 11.6. The summed E-state index contributed by atoms with van der Waals surface area (Å²) in [7, 11) is 0. The number of fused-ring (bicyclic) bond motifs is 1. The molecule has 2 rings (SSSR count). The van der Waals surface area contributed by atoms with E-state index in [1.54, 1.807) is 0 Å². The standard InChI is InChI=1S/C15H16O2/c1-10(2)17-15(16)14-7-6-12-8-11(3)4-5-13(12)9-14/h4-10H,1-3H3. The lowest BCUT2D eigenvalue weighted by Crippen LogP contribution is -2.11. The fraction of sp³-hybridized carbons (Fsp3) is 0.267. The number of ether oxygens (including phenoxy) is 1. The molecule has 0 N–H and O–H groups in total. The Balaban J connectivity index is 2.38. The average molecular weight is 228 g/mol. The number of benzene rings is 2. The Hall–Kier alpha value is -1.83. The lowest BCUT2D eigenvalue weighted by molar-refractivity contribution is 0.0378. The van der Waals surface area contributed by atoms with Crippen LogP contribution in [0.5, 0.6) is 0 Å². The van der Waals surface area contributed by atoms with E-state index in [1.807, 2.05) is 44.2 Å². The van der Waals surface area contributed by atoms with Gasteiger partial charge in [-0.05, 0) is 43.7 Å². The Morgan fingerprint density at radius 2 is 1.71 bits per heavy atom. The van der Waals surface area contributed by atoms with Crippen molar-refractivity contribution in [2.75, 3.05) is 0 Å². The van der Waals surface area contributed by atoms with Crippen LogP contribution in [0.4, 0.5) is 0 Å². The molecule has 0 aliphatic carbocycles. The number of esters is 1. The molecule has 2 nitrogen and oxygen atoms in total. The molecule has 2 aromatic rings.